The van der Waals surface area contributed by atoms with Gasteiger partial charge in [0.2, 0.25) is 0 Å². The van der Waals surface area contributed by atoms with Crippen molar-refractivity contribution in [3.8, 4) is 11.3 Å². The van der Waals surface area contributed by atoms with Crippen LogP contribution in [0.3, 0.4) is 0 Å². The first-order valence-corrected chi connectivity index (χ1v) is 13.0. The van der Waals surface area contributed by atoms with Crippen LogP contribution in [-0.2, 0) is 5.41 Å². The second kappa shape index (κ2) is 9.64. The normalized spacial score (nSPS) is 15.5. The summed E-state index contributed by atoms with van der Waals surface area (Å²) in [6, 6.07) is 11.2. The van der Waals surface area contributed by atoms with E-state index in [1.165, 1.54) is 12.4 Å². The third-order valence-electron chi connectivity index (χ3n) is 6.95. The number of anilines is 1. The van der Waals surface area contributed by atoms with Gasteiger partial charge in [0.1, 0.15) is 11.3 Å². The maximum absolute atomic E-state index is 13.8. The molecule has 1 amide bonds. The number of aromatic carboxylic acids is 1. The highest BCUT2D eigenvalue weighted by molar-refractivity contribution is 6.30. The smallest absolute Gasteiger partial charge is 0.356 e. The fraction of sp³-hybridized carbons (Fsp3) is 0.345. The summed E-state index contributed by atoms with van der Waals surface area (Å²) < 4.78 is 6.22. The summed E-state index contributed by atoms with van der Waals surface area (Å²) in [5, 5.41) is 9.93. The van der Waals surface area contributed by atoms with E-state index in [1.54, 1.807) is 11.0 Å². The minimum atomic E-state index is -1.13. The third-order valence-corrected chi connectivity index (χ3v) is 7.20. The average molecular weight is 548 g/mol. The van der Waals surface area contributed by atoms with Gasteiger partial charge in [-0.25, -0.2) is 14.8 Å². The molecule has 3 aromatic heterocycles. The Morgan fingerprint density at radius 1 is 1.05 bits per heavy atom. The number of nitrogens with zero attached hydrogens (tertiary/aromatic N) is 5. The maximum atomic E-state index is 13.8. The van der Waals surface area contributed by atoms with Gasteiger partial charge in [0.05, 0.1) is 23.6 Å². The number of furan rings is 1. The van der Waals surface area contributed by atoms with Crippen LogP contribution in [0.4, 0.5) is 5.82 Å². The van der Waals surface area contributed by atoms with Crippen molar-refractivity contribution in [2.75, 3.05) is 24.5 Å². The molecule has 0 atom stereocenters. The van der Waals surface area contributed by atoms with Crippen molar-refractivity contribution >= 4 is 40.4 Å². The quantitative estimate of drug-likeness (QED) is 0.347. The predicted octanol–water partition coefficient (Wildman–Crippen LogP) is 5.67. The molecule has 1 fully saturated rings. The molecule has 4 heterocycles. The molecule has 0 bridgehead atoms. The fourth-order valence-corrected chi connectivity index (χ4v) is 5.05. The van der Waals surface area contributed by atoms with E-state index in [0.717, 1.165) is 16.8 Å². The van der Waals surface area contributed by atoms with E-state index >= 15 is 0 Å². The van der Waals surface area contributed by atoms with Crippen molar-refractivity contribution in [3.05, 3.63) is 70.8 Å². The van der Waals surface area contributed by atoms with Crippen molar-refractivity contribution in [1.29, 1.82) is 0 Å². The Morgan fingerprint density at radius 2 is 1.77 bits per heavy atom. The molecule has 0 radical (unpaired) electrons. The van der Waals surface area contributed by atoms with Gasteiger partial charge in [0.15, 0.2) is 17.0 Å². The molecule has 9 nitrogen and oxygen atoms in total. The molecule has 1 saturated heterocycles. The first-order valence-electron chi connectivity index (χ1n) is 12.7. The number of halogens is 1. The van der Waals surface area contributed by atoms with Crippen molar-refractivity contribution in [1.82, 2.24) is 19.9 Å². The van der Waals surface area contributed by atoms with Crippen molar-refractivity contribution in [2.45, 2.75) is 45.6 Å². The number of rotatable bonds is 4. The molecule has 0 spiro atoms. The Kier molecular flexibility index (Phi) is 6.58. The topological polar surface area (TPSA) is 113 Å². The highest BCUT2D eigenvalue weighted by Crippen LogP contribution is 2.36. The largest absolute Gasteiger partial charge is 0.476 e. The number of carbonyl (C=O) groups is 2. The first-order chi connectivity index (χ1) is 18.3. The van der Waals surface area contributed by atoms with Crippen molar-refractivity contribution in [3.63, 3.8) is 0 Å². The van der Waals surface area contributed by atoms with E-state index in [-0.39, 0.29) is 22.8 Å². The molecule has 1 aliphatic rings. The fourth-order valence-electron chi connectivity index (χ4n) is 4.92. The Morgan fingerprint density at radius 3 is 2.41 bits per heavy atom. The third kappa shape index (κ3) is 5.18. The summed E-state index contributed by atoms with van der Waals surface area (Å²) in [5.41, 5.74) is 2.91. The van der Waals surface area contributed by atoms with Crippen LogP contribution in [0.2, 0.25) is 5.02 Å². The molecule has 1 aliphatic heterocycles. The van der Waals surface area contributed by atoms with Crippen LogP contribution in [-0.4, -0.2) is 62.0 Å². The summed E-state index contributed by atoms with van der Waals surface area (Å²) in [7, 11) is 0. The number of hydrogen-bond donors (Lipinski definition) is 1. The summed E-state index contributed by atoms with van der Waals surface area (Å²) in [6.45, 7) is 11.5. The van der Waals surface area contributed by atoms with Crippen LogP contribution in [0, 0.1) is 0 Å². The molecule has 0 aliphatic carbocycles. The van der Waals surface area contributed by atoms with E-state index in [0.29, 0.717) is 41.6 Å². The highest BCUT2D eigenvalue weighted by Gasteiger charge is 2.39. The standard InChI is InChI=1S/C29H30ClN5O4/c1-28(2,3)19-12-20(17-6-8-18(30)9-7-17)32-21-13-23(39-25(19)21)26(36)35-11-10-34(16-29(35,4)5)24-15-31-14-22(33-24)27(37)38/h6-9,12-15H,10-11,16H2,1-5H3,(H,37,38). The van der Waals surface area contributed by atoms with Crippen LogP contribution in [0.5, 0.6) is 0 Å². The molecule has 10 heteroatoms. The average Bonchev–Trinajstić information content (AvgIpc) is 3.31. The van der Waals surface area contributed by atoms with Gasteiger partial charge in [-0.15, -0.1) is 0 Å². The number of amides is 1. The molecule has 0 saturated carbocycles. The number of carboxylic acid groups (broad SMARTS) is 1. The first kappa shape index (κ1) is 26.6. The Balaban J connectivity index is 1.47. The number of aromatic nitrogens is 3. The number of hydrogen-bond acceptors (Lipinski definition) is 7. The number of carbonyl (C=O) groups excluding carboxylic acids is 1. The van der Waals surface area contributed by atoms with E-state index in [2.05, 4.69) is 30.7 Å². The van der Waals surface area contributed by atoms with Crippen LogP contribution >= 0.6 is 11.6 Å². The number of piperazine rings is 1. The summed E-state index contributed by atoms with van der Waals surface area (Å²) in [6.07, 6.45) is 2.76. The lowest BCUT2D eigenvalue weighted by Gasteiger charge is -2.47. The zero-order valence-electron chi connectivity index (χ0n) is 22.5. The number of pyridine rings is 1. The molecule has 5 rings (SSSR count). The van der Waals surface area contributed by atoms with Gasteiger partial charge in [-0.2, -0.15) is 0 Å². The molecule has 1 N–H and O–H groups in total. The minimum Gasteiger partial charge on any atom is -0.476 e. The van der Waals surface area contributed by atoms with Crippen molar-refractivity contribution in [2.24, 2.45) is 0 Å². The second-order valence-electron chi connectivity index (χ2n) is 11.4. The predicted molar refractivity (Wildman–Crippen MR) is 149 cm³/mol. The van der Waals surface area contributed by atoms with E-state index in [1.807, 2.05) is 49.1 Å². The number of carboxylic acids is 1. The van der Waals surface area contributed by atoms with Gasteiger partial charge in [0.25, 0.3) is 5.91 Å². The lowest BCUT2D eigenvalue weighted by atomic mass is 9.86. The van der Waals surface area contributed by atoms with E-state index in [9.17, 15) is 14.7 Å². The number of benzene rings is 1. The summed E-state index contributed by atoms with van der Waals surface area (Å²) in [4.78, 5) is 41.9. The molecule has 4 aromatic rings. The van der Waals surface area contributed by atoms with Gasteiger partial charge in [-0.3, -0.25) is 9.78 Å². The van der Waals surface area contributed by atoms with Gasteiger partial charge < -0.3 is 19.3 Å². The van der Waals surface area contributed by atoms with Crippen molar-refractivity contribution < 1.29 is 19.1 Å². The lowest BCUT2D eigenvalue weighted by molar-refractivity contribution is 0.0483. The van der Waals surface area contributed by atoms with E-state index < -0.39 is 11.5 Å². The molecule has 39 heavy (non-hydrogen) atoms. The molecule has 1 aromatic carbocycles. The summed E-state index contributed by atoms with van der Waals surface area (Å²) in [5.74, 6) is -0.668. The van der Waals surface area contributed by atoms with E-state index in [4.69, 9.17) is 21.0 Å². The van der Waals surface area contributed by atoms with Crippen LogP contribution in [0.1, 0.15) is 61.2 Å². The SMILES string of the molecule is CC(C)(C)c1cc(-c2ccc(Cl)cc2)nc2cc(C(=O)N3CCN(c4cncc(C(=O)O)n4)CC3(C)C)oc12. The highest BCUT2D eigenvalue weighted by atomic mass is 35.5. The maximum Gasteiger partial charge on any atom is 0.356 e. The summed E-state index contributed by atoms with van der Waals surface area (Å²) >= 11 is 6.09. The Hall–Kier alpha value is -3.98. The Labute approximate surface area is 231 Å². The van der Waals surface area contributed by atoms with Crippen LogP contribution in [0.25, 0.3) is 22.4 Å². The van der Waals surface area contributed by atoms with Gasteiger partial charge in [0, 0.05) is 41.9 Å². The lowest BCUT2D eigenvalue weighted by Crippen LogP contribution is -2.61. The molecule has 202 valence electrons. The molecular formula is C29H30ClN5O4. The monoisotopic (exact) mass is 547 g/mol. The minimum absolute atomic E-state index is 0.119. The number of fused-ring (bicyclic) bond motifs is 1. The molecular weight excluding hydrogens is 518 g/mol. The van der Waals surface area contributed by atoms with Crippen LogP contribution < -0.4 is 4.90 Å². The van der Waals surface area contributed by atoms with Gasteiger partial charge in [-0.05, 0) is 37.5 Å². The Bertz CT molecular complexity index is 1570. The van der Waals surface area contributed by atoms with Gasteiger partial charge in [-0.1, -0.05) is 44.5 Å². The zero-order chi connectivity index (χ0) is 28.1. The second-order valence-corrected chi connectivity index (χ2v) is 11.8. The molecule has 0 unspecified atom stereocenters. The zero-order valence-corrected chi connectivity index (χ0v) is 23.3. The van der Waals surface area contributed by atoms with Crippen LogP contribution in [0.15, 0.2) is 53.2 Å². The van der Waals surface area contributed by atoms with Gasteiger partial charge >= 0.3 is 5.97 Å².